The molecule has 0 spiro atoms. The standard InChI is InChI=1S/2C2H3S.Ni/c2*1-2-3;/h2*1H3;/q2*-1;+2. The SMILES string of the molecule is C[C-]=S.C[C-]=S.[Ni+2]. The molecule has 7 heavy (non-hydrogen) atoms. The maximum absolute atomic E-state index is 4.14. The molecule has 0 bridgehead atoms. The second kappa shape index (κ2) is 30.1. The zero-order valence-electron chi connectivity index (χ0n) is 4.13. The Morgan fingerprint density at radius 3 is 1.00 bits per heavy atom. The molecule has 0 fully saturated rings. The van der Waals surface area contributed by atoms with Crippen LogP contribution in [0.4, 0.5) is 0 Å². The fraction of sp³-hybridized carbons (Fsp3) is 0.500. The van der Waals surface area contributed by atoms with E-state index in [2.05, 4.69) is 35.2 Å². The summed E-state index contributed by atoms with van der Waals surface area (Å²) in [5, 5.41) is 4.67. The Labute approximate surface area is 65.6 Å². The maximum Gasteiger partial charge on any atom is 2.00 e. The summed E-state index contributed by atoms with van der Waals surface area (Å²) in [4.78, 5) is 0. The van der Waals surface area contributed by atoms with Gasteiger partial charge in [0.2, 0.25) is 0 Å². The Morgan fingerprint density at radius 2 is 1.00 bits per heavy atom. The normalized spacial score (nSPS) is 3.71. The summed E-state index contributed by atoms with van der Waals surface area (Å²) >= 11 is 8.29. The third kappa shape index (κ3) is 321. The van der Waals surface area contributed by atoms with Crippen molar-refractivity contribution in [3.05, 3.63) is 0 Å². The van der Waals surface area contributed by atoms with Crippen molar-refractivity contribution in [3.8, 4) is 0 Å². The molecule has 0 aliphatic rings. The van der Waals surface area contributed by atoms with Gasteiger partial charge in [0.1, 0.15) is 0 Å². The van der Waals surface area contributed by atoms with Crippen molar-refractivity contribution in [2.24, 2.45) is 0 Å². The largest absolute Gasteiger partial charge is 2.00 e. The maximum atomic E-state index is 4.14. The second-order valence-corrected chi connectivity index (χ2v) is 1.22. The summed E-state index contributed by atoms with van der Waals surface area (Å²) in [5.74, 6) is 0. The van der Waals surface area contributed by atoms with E-state index in [4.69, 9.17) is 0 Å². The molecule has 0 rings (SSSR count). The van der Waals surface area contributed by atoms with E-state index in [-0.39, 0.29) is 16.5 Å². The third-order valence-electron chi connectivity index (χ3n) is 0. The van der Waals surface area contributed by atoms with Gasteiger partial charge < -0.3 is 35.2 Å². The molecule has 44 valence electrons. The molecule has 0 saturated carbocycles. The molecule has 0 unspecified atom stereocenters. The van der Waals surface area contributed by atoms with Crippen molar-refractivity contribution in [1.82, 2.24) is 0 Å². The summed E-state index contributed by atoms with van der Waals surface area (Å²) in [6.07, 6.45) is 0. The Morgan fingerprint density at radius 1 is 1.00 bits per heavy atom. The van der Waals surface area contributed by atoms with Crippen molar-refractivity contribution in [2.45, 2.75) is 13.8 Å². The van der Waals surface area contributed by atoms with Gasteiger partial charge in [0, 0.05) is 0 Å². The van der Waals surface area contributed by atoms with Crippen molar-refractivity contribution in [2.75, 3.05) is 0 Å². The molecule has 0 aromatic heterocycles. The molecule has 0 radical (unpaired) electrons. The van der Waals surface area contributed by atoms with E-state index in [1.54, 1.807) is 13.8 Å². The molecule has 0 aliphatic carbocycles. The molecule has 0 saturated heterocycles. The topological polar surface area (TPSA) is 0 Å². The van der Waals surface area contributed by atoms with Crippen LogP contribution in [0.15, 0.2) is 0 Å². The van der Waals surface area contributed by atoms with Crippen LogP contribution in [0.2, 0.25) is 0 Å². The van der Waals surface area contributed by atoms with Crippen molar-refractivity contribution in [3.63, 3.8) is 0 Å². The number of thiocarbonyl (C=S) groups is 2. The molecule has 0 amide bonds. The van der Waals surface area contributed by atoms with Crippen molar-refractivity contribution >= 4 is 35.2 Å². The van der Waals surface area contributed by atoms with E-state index in [9.17, 15) is 0 Å². The average molecular weight is 177 g/mol. The van der Waals surface area contributed by atoms with E-state index < -0.39 is 0 Å². The van der Waals surface area contributed by atoms with Crippen LogP contribution in [0.3, 0.4) is 0 Å². The summed E-state index contributed by atoms with van der Waals surface area (Å²) < 4.78 is 0. The molecule has 0 N–H and O–H groups in total. The van der Waals surface area contributed by atoms with Crippen LogP contribution in [0.5, 0.6) is 0 Å². The van der Waals surface area contributed by atoms with Crippen LogP contribution in [-0.4, -0.2) is 10.7 Å². The van der Waals surface area contributed by atoms with Crippen LogP contribution in [-0.2, 0) is 16.5 Å². The summed E-state index contributed by atoms with van der Waals surface area (Å²) in [6.45, 7) is 3.38. The first kappa shape index (κ1) is 15.6. The van der Waals surface area contributed by atoms with Gasteiger partial charge >= 0.3 is 16.5 Å². The summed E-state index contributed by atoms with van der Waals surface area (Å²) in [5.41, 5.74) is 0. The number of rotatable bonds is 0. The smallest absolute Gasteiger partial charge is 0.428 e. The van der Waals surface area contributed by atoms with Crippen molar-refractivity contribution < 1.29 is 16.5 Å². The van der Waals surface area contributed by atoms with Gasteiger partial charge in [0.15, 0.2) is 0 Å². The minimum Gasteiger partial charge on any atom is -0.428 e. The van der Waals surface area contributed by atoms with Gasteiger partial charge in [-0.2, -0.15) is 13.8 Å². The van der Waals surface area contributed by atoms with Gasteiger partial charge in [-0.3, -0.25) is 0 Å². The molecule has 0 aliphatic heterocycles. The fourth-order valence-electron chi connectivity index (χ4n) is 0. The predicted molar refractivity (Wildman–Crippen MR) is 36.5 cm³/mol. The van der Waals surface area contributed by atoms with E-state index in [0.29, 0.717) is 0 Å². The van der Waals surface area contributed by atoms with Gasteiger partial charge in [0.25, 0.3) is 0 Å². The van der Waals surface area contributed by atoms with E-state index in [1.165, 1.54) is 0 Å². The second-order valence-electron chi connectivity index (χ2n) is 0.408. The van der Waals surface area contributed by atoms with E-state index >= 15 is 0 Å². The minimum absolute atomic E-state index is 0. The average Bonchev–Trinajstić information content (AvgIpc) is 1.39. The molecule has 0 heterocycles. The number of hydrogen-bond acceptors (Lipinski definition) is 2. The number of hydrogen-bond donors (Lipinski definition) is 0. The van der Waals surface area contributed by atoms with Gasteiger partial charge in [-0.25, -0.2) is 0 Å². The minimum atomic E-state index is 0. The van der Waals surface area contributed by atoms with E-state index in [1.807, 2.05) is 0 Å². The monoisotopic (exact) mass is 176 g/mol. The van der Waals surface area contributed by atoms with Crippen LogP contribution in [0.25, 0.3) is 0 Å². The molecule has 0 nitrogen and oxygen atoms in total. The van der Waals surface area contributed by atoms with Gasteiger partial charge in [-0.15, -0.1) is 0 Å². The fourth-order valence-corrected chi connectivity index (χ4v) is 0. The Bertz CT molecular complexity index is 30.7. The molecule has 0 aromatic carbocycles. The molecule has 3 heteroatoms. The summed E-state index contributed by atoms with van der Waals surface area (Å²) in [7, 11) is 0. The zero-order chi connectivity index (χ0) is 5.41. The zero-order valence-corrected chi connectivity index (χ0v) is 6.75. The quantitative estimate of drug-likeness (QED) is 0.314. The molecular formula is C4H6NiS2. The molecule has 0 atom stereocenters. The predicted octanol–water partition coefficient (Wildman–Crippen LogP) is 1.76. The Hall–Kier alpha value is 0.674. The Kier molecular flexibility index (Phi) is 67.2. The van der Waals surface area contributed by atoms with Gasteiger partial charge in [-0.1, -0.05) is 0 Å². The van der Waals surface area contributed by atoms with Crippen LogP contribution in [0, 0.1) is 0 Å². The van der Waals surface area contributed by atoms with Crippen LogP contribution in [0.1, 0.15) is 13.8 Å². The first-order valence-corrected chi connectivity index (χ1v) is 2.22. The van der Waals surface area contributed by atoms with Gasteiger partial charge in [-0.05, 0) is 0 Å². The summed E-state index contributed by atoms with van der Waals surface area (Å²) in [6, 6.07) is 0. The van der Waals surface area contributed by atoms with Gasteiger partial charge in [0.05, 0.1) is 0 Å². The first-order valence-electron chi connectivity index (χ1n) is 1.41. The van der Waals surface area contributed by atoms with E-state index in [0.717, 1.165) is 0 Å². The molecular weight excluding hydrogens is 171 g/mol. The first-order chi connectivity index (χ1) is 2.83. The Balaban J connectivity index is -0.0000000400. The van der Waals surface area contributed by atoms with Crippen LogP contribution >= 0.6 is 24.4 Å². The third-order valence-corrected chi connectivity index (χ3v) is 0. The van der Waals surface area contributed by atoms with Crippen molar-refractivity contribution in [1.29, 1.82) is 0 Å². The van der Waals surface area contributed by atoms with Crippen LogP contribution < -0.4 is 0 Å². The molecule has 0 aromatic rings.